The molecular weight excluding hydrogens is 566 g/mol. The zero-order valence-corrected chi connectivity index (χ0v) is 23.1. The average Bonchev–Trinajstić information content (AvgIpc) is 3.70. The summed E-state index contributed by atoms with van der Waals surface area (Å²) in [6.45, 7) is 0.693. The lowest BCUT2D eigenvalue weighted by Gasteiger charge is -2.08. The van der Waals surface area contributed by atoms with Gasteiger partial charge in [-0.15, -0.1) is 0 Å². The Hall–Kier alpha value is -5.24. The van der Waals surface area contributed by atoms with E-state index in [4.69, 9.17) is 11.6 Å². The van der Waals surface area contributed by atoms with E-state index in [1.54, 1.807) is 28.8 Å². The number of hydrogen-bond acceptors (Lipinski definition) is 9. The maximum atomic E-state index is 13.8. The number of nitrogens with one attached hydrogen (secondary N) is 3. The first kappa shape index (κ1) is 27.0. The van der Waals surface area contributed by atoms with E-state index in [2.05, 4.69) is 50.7 Å². The van der Waals surface area contributed by atoms with E-state index in [0.717, 1.165) is 51.6 Å². The van der Waals surface area contributed by atoms with Gasteiger partial charge in [0.05, 0.1) is 17.9 Å². The van der Waals surface area contributed by atoms with Gasteiger partial charge in [-0.2, -0.15) is 10.2 Å². The van der Waals surface area contributed by atoms with Crippen molar-refractivity contribution in [2.75, 3.05) is 17.2 Å². The third-order valence-corrected chi connectivity index (χ3v) is 6.76. The molecule has 15 heteroatoms. The molecule has 0 amide bonds. The standard InChI is InChI=1S/C21H18F2N8.C6H5ClN4/c1-31-19-16(10-27-31)25-11-26-20(19)24-9-8-12-2-4-13(5-3-12)28-21-29-15-7-6-14(22)17(23)18(15)30-21;1-11-5-4(2-10-11)8-3-9-6(5)7/h2-7,10-11H,8-9H2,1H3,(H,24,25,26)(H2,28,29,30);2-3H,1H3. The number of benzene rings is 2. The molecule has 7 aromatic rings. The zero-order chi connectivity index (χ0) is 29.2. The third-order valence-electron chi connectivity index (χ3n) is 6.48. The van der Waals surface area contributed by atoms with Crippen molar-refractivity contribution in [1.82, 2.24) is 49.5 Å². The Bertz CT molecular complexity index is 2020. The molecule has 7 rings (SSSR count). The highest BCUT2D eigenvalue weighted by atomic mass is 35.5. The predicted molar refractivity (Wildman–Crippen MR) is 156 cm³/mol. The zero-order valence-electron chi connectivity index (χ0n) is 22.3. The molecule has 5 heterocycles. The van der Waals surface area contributed by atoms with Crippen molar-refractivity contribution in [2.24, 2.45) is 14.1 Å². The molecule has 12 nitrogen and oxygen atoms in total. The molecule has 0 bridgehead atoms. The maximum absolute atomic E-state index is 13.8. The Balaban J connectivity index is 0.000000240. The van der Waals surface area contributed by atoms with Crippen LogP contribution >= 0.6 is 11.6 Å². The van der Waals surface area contributed by atoms with E-state index in [0.29, 0.717) is 23.2 Å². The minimum atomic E-state index is -0.961. The normalized spacial score (nSPS) is 11.2. The van der Waals surface area contributed by atoms with Crippen LogP contribution in [-0.2, 0) is 20.5 Å². The van der Waals surface area contributed by atoms with Crippen LogP contribution in [0.1, 0.15) is 5.56 Å². The van der Waals surface area contributed by atoms with E-state index in [1.807, 2.05) is 31.3 Å². The lowest BCUT2D eigenvalue weighted by Crippen LogP contribution is -2.08. The van der Waals surface area contributed by atoms with Crippen LogP contribution < -0.4 is 10.6 Å². The Morgan fingerprint density at radius 2 is 1.55 bits per heavy atom. The van der Waals surface area contributed by atoms with Crippen molar-refractivity contribution in [3.05, 3.63) is 83.8 Å². The van der Waals surface area contributed by atoms with Gasteiger partial charge >= 0.3 is 0 Å². The summed E-state index contributed by atoms with van der Waals surface area (Å²) in [5, 5.41) is 15.0. The SMILES string of the molecule is Cn1ncc2ncnc(Cl)c21.Cn1ncc2ncnc(NCCc3ccc(Nc4nc5c(F)c(F)ccc5[nH]4)cc3)c21. The predicted octanol–water partition coefficient (Wildman–Crippen LogP) is 4.93. The molecule has 0 radical (unpaired) electrons. The molecule has 0 spiro atoms. The number of aromatic amines is 1. The number of fused-ring (bicyclic) bond motifs is 3. The highest BCUT2D eigenvalue weighted by Crippen LogP contribution is 2.23. The van der Waals surface area contributed by atoms with Crippen molar-refractivity contribution < 1.29 is 8.78 Å². The molecule has 0 saturated carbocycles. The van der Waals surface area contributed by atoms with E-state index >= 15 is 0 Å². The Labute approximate surface area is 241 Å². The fourth-order valence-corrected chi connectivity index (χ4v) is 4.65. The summed E-state index contributed by atoms with van der Waals surface area (Å²) >= 11 is 5.79. The molecule has 0 atom stereocenters. The van der Waals surface area contributed by atoms with Gasteiger partial charge in [-0.1, -0.05) is 23.7 Å². The number of aromatic nitrogens is 10. The summed E-state index contributed by atoms with van der Waals surface area (Å²) in [6, 6.07) is 10.3. The van der Waals surface area contributed by atoms with Gasteiger partial charge in [-0.3, -0.25) is 9.36 Å². The van der Waals surface area contributed by atoms with Crippen molar-refractivity contribution in [3.63, 3.8) is 0 Å². The van der Waals surface area contributed by atoms with Gasteiger partial charge in [0, 0.05) is 26.3 Å². The number of halogens is 3. The van der Waals surface area contributed by atoms with E-state index in [9.17, 15) is 8.78 Å². The second-order valence-electron chi connectivity index (χ2n) is 9.23. The minimum Gasteiger partial charge on any atom is -0.368 e. The number of aryl methyl sites for hydroxylation is 2. The third kappa shape index (κ3) is 5.39. The van der Waals surface area contributed by atoms with Gasteiger partial charge in [0.2, 0.25) is 5.95 Å². The lowest BCUT2D eigenvalue weighted by atomic mass is 10.1. The molecule has 0 aliphatic carbocycles. The molecule has 42 heavy (non-hydrogen) atoms. The van der Waals surface area contributed by atoms with Crippen molar-refractivity contribution >= 4 is 62.2 Å². The molecule has 0 fully saturated rings. The quantitative estimate of drug-likeness (QED) is 0.231. The molecule has 5 aromatic heterocycles. The molecule has 2 aromatic carbocycles. The Kier molecular flexibility index (Phi) is 7.27. The first-order valence-corrected chi connectivity index (χ1v) is 13.1. The van der Waals surface area contributed by atoms with Crippen LogP contribution in [0, 0.1) is 11.6 Å². The van der Waals surface area contributed by atoms with E-state index < -0.39 is 11.6 Å². The van der Waals surface area contributed by atoms with E-state index in [-0.39, 0.29) is 5.52 Å². The van der Waals surface area contributed by atoms with Gasteiger partial charge < -0.3 is 15.6 Å². The molecule has 3 N–H and O–H groups in total. The number of H-pyrrole nitrogens is 1. The van der Waals surface area contributed by atoms with Crippen LogP contribution in [0.15, 0.2) is 61.4 Å². The smallest absolute Gasteiger partial charge is 0.205 e. The van der Waals surface area contributed by atoms with E-state index in [1.165, 1.54) is 18.7 Å². The highest BCUT2D eigenvalue weighted by molar-refractivity contribution is 6.33. The fourth-order valence-electron chi connectivity index (χ4n) is 4.39. The van der Waals surface area contributed by atoms with Gasteiger partial charge in [0.25, 0.3) is 0 Å². The largest absolute Gasteiger partial charge is 0.368 e. The number of hydrogen-bond donors (Lipinski definition) is 3. The summed E-state index contributed by atoms with van der Waals surface area (Å²) in [4.78, 5) is 23.4. The topological polar surface area (TPSA) is 140 Å². The second kappa shape index (κ2) is 11.3. The van der Waals surface area contributed by atoms with Crippen LogP contribution in [0.4, 0.5) is 26.2 Å². The molecular formula is C27H23ClF2N12. The van der Waals surface area contributed by atoms with Crippen LogP contribution in [-0.4, -0.2) is 56.0 Å². The van der Waals surface area contributed by atoms with Crippen LogP contribution in [0.2, 0.25) is 5.15 Å². The lowest BCUT2D eigenvalue weighted by molar-refractivity contribution is 0.515. The first-order chi connectivity index (χ1) is 20.4. The molecule has 0 unspecified atom stereocenters. The maximum Gasteiger partial charge on any atom is 0.205 e. The molecule has 0 aliphatic heterocycles. The van der Waals surface area contributed by atoms with Gasteiger partial charge in [0.1, 0.15) is 40.2 Å². The van der Waals surface area contributed by atoms with Crippen LogP contribution in [0.3, 0.4) is 0 Å². The monoisotopic (exact) mass is 588 g/mol. The fraction of sp³-hybridized carbons (Fsp3) is 0.148. The summed E-state index contributed by atoms with van der Waals surface area (Å²) < 4.78 is 30.6. The minimum absolute atomic E-state index is 0.0301. The second-order valence-corrected chi connectivity index (χ2v) is 9.59. The summed E-state index contributed by atoms with van der Waals surface area (Å²) in [6.07, 6.45) is 7.10. The van der Waals surface area contributed by atoms with Gasteiger partial charge in [-0.25, -0.2) is 33.7 Å². The number of imidazole rings is 1. The van der Waals surface area contributed by atoms with Crippen molar-refractivity contribution in [2.45, 2.75) is 6.42 Å². The molecule has 0 aliphatic rings. The Morgan fingerprint density at radius 1 is 0.857 bits per heavy atom. The van der Waals surface area contributed by atoms with Crippen LogP contribution in [0.5, 0.6) is 0 Å². The van der Waals surface area contributed by atoms with Crippen molar-refractivity contribution in [1.29, 1.82) is 0 Å². The molecule has 0 saturated heterocycles. The summed E-state index contributed by atoms with van der Waals surface area (Å²) in [5.74, 6) is -0.791. The average molecular weight is 589 g/mol. The van der Waals surface area contributed by atoms with Gasteiger partial charge in [-0.05, 0) is 36.2 Å². The summed E-state index contributed by atoms with van der Waals surface area (Å²) in [5.41, 5.74) is 5.51. The number of nitrogens with zero attached hydrogens (tertiary/aromatic N) is 9. The number of anilines is 3. The highest BCUT2D eigenvalue weighted by Gasteiger charge is 2.12. The van der Waals surface area contributed by atoms with Gasteiger partial charge in [0.15, 0.2) is 22.6 Å². The van der Waals surface area contributed by atoms with Crippen molar-refractivity contribution in [3.8, 4) is 0 Å². The number of rotatable bonds is 6. The summed E-state index contributed by atoms with van der Waals surface area (Å²) in [7, 11) is 3.66. The first-order valence-electron chi connectivity index (χ1n) is 12.7. The van der Waals surface area contributed by atoms with Crippen LogP contribution in [0.25, 0.3) is 33.1 Å². The molecule has 212 valence electrons. The Morgan fingerprint density at radius 3 is 2.29 bits per heavy atom.